The van der Waals surface area contributed by atoms with Gasteiger partial charge in [0.25, 0.3) is 0 Å². The van der Waals surface area contributed by atoms with E-state index in [0.29, 0.717) is 6.04 Å². The summed E-state index contributed by atoms with van der Waals surface area (Å²) in [7, 11) is 2.11. The molecule has 1 aliphatic rings. The second kappa shape index (κ2) is 6.52. The van der Waals surface area contributed by atoms with Crippen LogP contribution in [-0.2, 0) is 10.3 Å². The molecule has 3 rings (SSSR count). The lowest BCUT2D eigenvalue weighted by Gasteiger charge is -2.31. The first-order chi connectivity index (χ1) is 11.4. The number of carbonyl (C=O) groups is 1. The van der Waals surface area contributed by atoms with E-state index < -0.39 is 5.54 Å². The summed E-state index contributed by atoms with van der Waals surface area (Å²) in [5, 5.41) is 5.47. The minimum absolute atomic E-state index is 0.0215. The molecule has 1 N–H and O–H groups in total. The predicted molar refractivity (Wildman–Crippen MR) is 97.7 cm³/mol. The van der Waals surface area contributed by atoms with Gasteiger partial charge in [-0.25, -0.2) is 0 Å². The zero-order valence-corrected chi connectivity index (χ0v) is 15.0. The Labute approximate surface area is 144 Å². The van der Waals surface area contributed by atoms with Crippen molar-refractivity contribution in [2.45, 2.75) is 45.2 Å². The van der Waals surface area contributed by atoms with Gasteiger partial charge in [0.15, 0.2) is 0 Å². The summed E-state index contributed by atoms with van der Waals surface area (Å²) in [6, 6.07) is 10.5. The van der Waals surface area contributed by atoms with Crippen LogP contribution in [0.5, 0.6) is 0 Å². The molecule has 1 aromatic heterocycles. The Balaban J connectivity index is 1.83. The summed E-state index contributed by atoms with van der Waals surface area (Å²) in [5.41, 5.74) is 0.407. The van der Waals surface area contributed by atoms with Crippen molar-refractivity contribution in [2.75, 3.05) is 13.6 Å². The molecule has 0 bridgehead atoms. The first kappa shape index (κ1) is 16.9. The molecular formula is C20H27N3O. The molecule has 0 saturated carbocycles. The molecule has 1 aliphatic heterocycles. The van der Waals surface area contributed by atoms with E-state index in [1.807, 2.05) is 45.2 Å². The Morgan fingerprint density at radius 3 is 2.79 bits per heavy atom. The zero-order valence-electron chi connectivity index (χ0n) is 15.0. The quantitative estimate of drug-likeness (QED) is 0.938. The monoisotopic (exact) mass is 325 g/mol. The summed E-state index contributed by atoms with van der Waals surface area (Å²) in [6.45, 7) is 7.18. The molecule has 0 aliphatic carbocycles. The number of aromatic nitrogens is 1. The maximum absolute atomic E-state index is 12.8. The van der Waals surface area contributed by atoms with E-state index in [-0.39, 0.29) is 11.8 Å². The van der Waals surface area contributed by atoms with Crippen molar-refractivity contribution >= 4 is 16.7 Å². The first-order valence-corrected chi connectivity index (χ1v) is 8.76. The van der Waals surface area contributed by atoms with E-state index in [1.54, 1.807) is 0 Å². The van der Waals surface area contributed by atoms with Crippen LogP contribution in [0.15, 0.2) is 36.5 Å². The highest BCUT2D eigenvalue weighted by Crippen LogP contribution is 2.28. The number of benzene rings is 1. The van der Waals surface area contributed by atoms with Gasteiger partial charge in [0.2, 0.25) is 5.91 Å². The van der Waals surface area contributed by atoms with Crippen molar-refractivity contribution in [3.8, 4) is 0 Å². The highest BCUT2D eigenvalue weighted by Gasteiger charge is 2.34. The van der Waals surface area contributed by atoms with Crippen molar-refractivity contribution in [3.05, 3.63) is 42.2 Å². The van der Waals surface area contributed by atoms with Crippen LogP contribution in [0.1, 0.15) is 39.3 Å². The summed E-state index contributed by atoms with van der Waals surface area (Å²) < 4.78 is 0. The van der Waals surface area contributed by atoms with Crippen LogP contribution in [0.3, 0.4) is 0 Å². The van der Waals surface area contributed by atoms with Crippen LogP contribution in [0.25, 0.3) is 10.8 Å². The van der Waals surface area contributed by atoms with Crippen molar-refractivity contribution in [1.29, 1.82) is 0 Å². The lowest BCUT2D eigenvalue weighted by atomic mass is 9.92. The highest BCUT2D eigenvalue weighted by molar-refractivity contribution is 5.86. The van der Waals surface area contributed by atoms with Gasteiger partial charge in [0, 0.05) is 17.6 Å². The lowest BCUT2D eigenvalue weighted by molar-refractivity contribution is -0.127. The predicted octanol–water partition coefficient (Wildman–Crippen LogP) is 3.32. The van der Waals surface area contributed by atoms with Gasteiger partial charge < -0.3 is 10.2 Å². The Morgan fingerprint density at radius 2 is 2.08 bits per heavy atom. The minimum atomic E-state index is -0.511. The molecule has 0 spiro atoms. The fourth-order valence-electron chi connectivity index (χ4n) is 3.84. The molecule has 1 aromatic carbocycles. The summed E-state index contributed by atoms with van der Waals surface area (Å²) in [4.78, 5) is 19.7. The van der Waals surface area contributed by atoms with Crippen molar-refractivity contribution in [3.63, 3.8) is 0 Å². The summed E-state index contributed by atoms with van der Waals surface area (Å²) in [5.74, 6) is 0.0836. The van der Waals surface area contributed by atoms with Crippen LogP contribution in [0.4, 0.5) is 0 Å². The highest BCUT2D eigenvalue weighted by atomic mass is 16.2. The van der Waals surface area contributed by atoms with Crippen molar-refractivity contribution in [2.24, 2.45) is 5.92 Å². The normalized spacial score (nSPS) is 20.2. The number of nitrogens with one attached hydrogen (secondary N) is 1. The molecule has 2 atom stereocenters. The molecule has 1 fully saturated rings. The molecule has 4 heteroatoms. The smallest absolute Gasteiger partial charge is 0.225 e. The SMILES string of the molecule is CC(C(=O)NC(C)(C)c1nccc2ccccc12)C1CCCN1C. The topological polar surface area (TPSA) is 45.2 Å². The van der Waals surface area contributed by atoms with Crippen LogP contribution < -0.4 is 5.32 Å². The fraction of sp³-hybridized carbons (Fsp3) is 0.500. The number of pyridine rings is 1. The van der Waals surface area contributed by atoms with Crippen LogP contribution in [-0.4, -0.2) is 35.4 Å². The molecule has 4 nitrogen and oxygen atoms in total. The van der Waals surface area contributed by atoms with Crippen molar-refractivity contribution < 1.29 is 4.79 Å². The standard InChI is InChI=1S/C20H27N3O/c1-14(17-10-7-13-23(17)4)19(24)22-20(2,3)18-16-9-6-5-8-15(16)11-12-21-18/h5-6,8-9,11-12,14,17H,7,10,13H2,1-4H3,(H,22,24). The molecule has 2 heterocycles. The van der Waals surface area contributed by atoms with Gasteiger partial charge in [-0.2, -0.15) is 0 Å². The average Bonchev–Trinajstić information content (AvgIpc) is 2.99. The first-order valence-electron chi connectivity index (χ1n) is 8.76. The number of fused-ring (bicyclic) bond motifs is 1. The van der Waals surface area contributed by atoms with E-state index in [0.717, 1.165) is 29.4 Å². The third kappa shape index (κ3) is 3.16. The van der Waals surface area contributed by atoms with Crippen LogP contribution in [0.2, 0.25) is 0 Å². The third-order valence-corrected chi connectivity index (χ3v) is 5.27. The van der Waals surface area contributed by atoms with Gasteiger partial charge in [0.1, 0.15) is 0 Å². The van der Waals surface area contributed by atoms with Gasteiger partial charge in [-0.05, 0) is 51.7 Å². The Morgan fingerprint density at radius 1 is 1.33 bits per heavy atom. The number of rotatable bonds is 4. The van der Waals surface area contributed by atoms with E-state index >= 15 is 0 Å². The van der Waals surface area contributed by atoms with E-state index in [2.05, 4.69) is 34.4 Å². The Bertz CT molecular complexity index is 735. The molecule has 1 amide bonds. The van der Waals surface area contributed by atoms with Gasteiger partial charge in [-0.15, -0.1) is 0 Å². The molecule has 24 heavy (non-hydrogen) atoms. The summed E-state index contributed by atoms with van der Waals surface area (Å²) >= 11 is 0. The molecule has 2 aromatic rings. The number of amides is 1. The minimum Gasteiger partial charge on any atom is -0.345 e. The summed E-state index contributed by atoms with van der Waals surface area (Å²) in [6.07, 6.45) is 4.09. The van der Waals surface area contributed by atoms with Crippen LogP contribution >= 0.6 is 0 Å². The average molecular weight is 325 g/mol. The van der Waals surface area contributed by atoms with Crippen LogP contribution in [0, 0.1) is 5.92 Å². The second-order valence-electron chi connectivity index (χ2n) is 7.47. The number of nitrogens with zero attached hydrogens (tertiary/aromatic N) is 2. The van der Waals surface area contributed by atoms with E-state index in [1.165, 1.54) is 6.42 Å². The number of hydrogen-bond acceptors (Lipinski definition) is 3. The number of hydrogen-bond donors (Lipinski definition) is 1. The van der Waals surface area contributed by atoms with E-state index in [4.69, 9.17) is 0 Å². The second-order valence-corrected chi connectivity index (χ2v) is 7.47. The Kier molecular flexibility index (Phi) is 4.59. The van der Waals surface area contributed by atoms with Gasteiger partial charge in [0.05, 0.1) is 17.2 Å². The fourth-order valence-corrected chi connectivity index (χ4v) is 3.84. The van der Waals surface area contributed by atoms with Gasteiger partial charge in [-0.3, -0.25) is 9.78 Å². The maximum atomic E-state index is 12.8. The lowest BCUT2D eigenvalue weighted by Crippen LogP contribution is -2.48. The van der Waals surface area contributed by atoms with Crippen molar-refractivity contribution in [1.82, 2.24) is 15.2 Å². The molecule has 0 radical (unpaired) electrons. The number of carbonyl (C=O) groups excluding carboxylic acids is 1. The third-order valence-electron chi connectivity index (χ3n) is 5.27. The molecule has 1 saturated heterocycles. The molecule has 2 unspecified atom stereocenters. The zero-order chi connectivity index (χ0) is 17.3. The van der Waals surface area contributed by atoms with E-state index in [9.17, 15) is 4.79 Å². The largest absolute Gasteiger partial charge is 0.345 e. The van der Waals surface area contributed by atoms with Gasteiger partial charge >= 0.3 is 0 Å². The maximum Gasteiger partial charge on any atom is 0.225 e. The molecular weight excluding hydrogens is 298 g/mol. The Hall–Kier alpha value is -1.94. The molecule has 128 valence electrons. The number of likely N-dealkylation sites (tertiary alicyclic amines) is 1. The van der Waals surface area contributed by atoms with Gasteiger partial charge in [-0.1, -0.05) is 31.2 Å².